The number of ether oxygens (including phenoxy) is 1. The second-order valence-corrected chi connectivity index (χ2v) is 29.2. The molecule has 0 bridgehead atoms. The fourth-order valence-electron chi connectivity index (χ4n) is 11.8. The minimum absolute atomic E-state index is 0. The summed E-state index contributed by atoms with van der Waals surface area (Å²) in [6, 6.07) is 67.8. The van der Waals surface area contributed by atoms with E-state index < -0.39 is 0 Å². The van der Waals surface area contributed by atoms with Gasteiger partial charge in [0, 0.05) is 72.5 Å². The number of benzene rings is 8. The molecule has 0 N–H and O–H groups in total. The molecule has 0 amide bonds. The van der Waals surface area contributed by atoms with Crippen LogP contribution in [0.1, 0.15) is 158 Å². The number of aromatic nitrogens is 1. The fraction of sp³-hybridized carbons (Fsp3) is 0.308. The van der Waals surface area contributed by atoms with Crippen LogP contribution in [0.2, 0.25) is 0 Å². The molecule has 2 aliphatic rings. The number of rotatable bonds is 7. The van der Waals surface area contributed by atoms with Crippen LogP contribution in [-0.4, -0.2) is 4.98 Å². The van der Waals surface area contributed by atoms with Crippen molar-refractivity contribution in [2.75, 3.05) is 14.7 Å². The van der Waals surface area contributed by atoms with Crippen molar-refractivity contribution in [1.82, 2.24) is 4.98 Å². The summed E-state index contributed by atoms with van der Waals surface area (Å²) in [5.41, 5.74) is 22.5. The third kappa shape index (κ3) is 11.4. The second kappa shape index (κ2) is 21.7. The summed E-state index contributed by atoms with van der Waals surface area (Å²) < 4.78 is 6.97. The molecule has 0 spiro atoms. The van der Waals surface area contributed by atoms with E-state index in [1.165, 1.54) is 55.6 Å². The molecular weight excluding hydrogens is 1200 g/mol. The summed E-state index contributed by atoms with van der Waals surface area (Å²) in [7, 11) is 0. The Kier molecular flexibility index (Phi) is 15.5. The van der Waals surface area contributed by atoms with Crippen molar-refractivity contribution in [2.45, 2.75) is 157 Å². The van der Waals surface area contributed by atoms with E-state index in [9.17, 15) is 0 Å². The average Bonchev–Trinajstić information content (AvgIpc) is 1.70. The summed E-state index contributed by atoms with van der Waals surface area (Å²) >= 11 is 0. The molecule has 9 aromatic rings. The first-order chi connectivity index (χ1) is 38.9. The van der Waals surface area contributed by atoms with Gasteiger partial charge in [-0.25, -0.2) is 4.98 Å². The Bertz CT molecular complexity index is 3860. The van der Waals surface area contributed by atoms with Gasteiger partial charge >= 0.3 is 0 Å². The first-order valence-corrected chi connectivity index (χ1v) is 29.7. The molecule has 3 heterocycles. The average molecular weight is 1290 g/mol. The Hall–Kier alpha value is -7.20. The summed E-state index contributed by atoms with van der Waals surface area (Å²) in [4.78, 5) is 12.0. The maximum absolute atomic E-state index is 6.97. The second-order valence-electron chi connectivity index (χ2n) is 29.2. The van der Waals surface area contributed by atoms with E-state index in [1.807, 2.05) is 18.3 Å². The van der Waals surface area contributed by atoms with Crippen LogP contribution in [0.5, 0.6) is 11.5 Å². The van der Waals surface area contributed by atoms with Crippen molar-refractivity contribution in [3.63, 3.8) is 0 Å². The van der Waals surface area contributed by atoms with E-state index >= 15 is 0 Å². The summed E-state index contributed by atoms with van der Waals surface area (Å²) in [5.74, 6) is 1.97. The van der Waals surface area contributed by atoms with Crippen LogP contribution in [-0.2, 0) is 53.6 Å². The smallest absolute Gasteiger partial charge is 0.135 e. The quantitative estimate of drug-likeness (QED) is 0.149. The monoisotopic (exact) mass is 1290 g/mol. The molecule has 0 atom stereocenters. The maximum Gasteiger partial charge on any atom is 0.135 e. The number of fused-ring (bicyclic) bond motifs is 6. The summed E-state index contributed by atoms with van der Waals surface area (Å²) in [5, 5.41) is 0. The van der Waals surface area contributed by atoms with Gasteiger partial charge in [-0.3, -0.25) is 0 Å². The third-order valence-corrected chi connectivity index (χ3v) is 16.7. The molecule has 84 heavy (non-hydrogen) atoms. The van der Waals surface area contributed by atoms with Crippen LogP contribution in [0.25, 0.3) is 44.5 Å². The molecule has 434 valence electrons. The zero-order valence-corrected chi connectivity index (χ0v) is 55.0. The van der Waals surface area contributed by atoms with E-state index in [2.05, 4.69) is 310 Å². The van der Waals surface area contributed by atoms with Crippen LogP contribution in [0.15, 0.2) is 170 Å². The Morgan fingerprint density at radius 2 is 0.833 bits per heavy atom. The largest absolute Gasteiger partial charge is 0.509 e. The Labute approximate surface area is 517 Å². The SMILES string of the molecule is CC(C)(C)c1ccnc(N2c3[c-]c(Oc4[c-]c(N5[CH-]N(c6c(-c7ccc(C(C)(C)C)cc7C(C)(C)C)cc(C(C)(C)C)cc6-c6ccc(C(C)(C)C)cc6C(C)(C)C)c6ccccc65)ccc4)ccc3-c3ccccc3-c3ccccc32)c1.[Pt]. The van der Waals surface area contributed by atoms with Crippen molar-refractivity contribution in [1.29, 1.82) is 0 Å². The van der Waals surface area contributed by atoms with Crippen LogP contribution < -0.4 is 19.4 Å². The first kappa shape index (κ1) is 59.9. The molecule has 8 aromatic carbocycles. The number of hydrogen-bond acceptors (Lipinski definition) is 5. The summed E-state index contributed by atoms with van der Waals surface area (Å²) in [6.07, 6.45) is 1.93. The van der Waals surface area contributed by atoms with Crippen LogP contribution in [0, 0.1) is 18.8 Å². The predicted molar refractivity (Wildman–Crippen MR) is 352 cm³/mol. The van der Waals surface area contributed by atoms with Crippen molar-refractivity contribution < 1.29 is 25.8 Å². The minimum Gasteiger partial charge on any atom is -0.509 e. The molecule has 5 nitrogen and oxygen atoms in total. The fourth-order valence-corrected chi connectivity index (χ4v) is 11.8. The van der Waals surface area contributed by atoms with Crippen LogP contribution in [0.3, 0.4) is 0 Å². The molecule has 0 saturated carbocycles. The van der Waals surface area contributed by atoms with Crippen LogP contribution in [0.4, 0.5) is 39.9 Å². The van der Waals surface area contributed by atoms with E-state index in [0.717, 1.165) is 62.2 Å². The van der Waals surface area contributed by atoms with Gasteiger partial charge in [0.15, 0.2) is 0 Å². The van der Waals surface area contributed by atoms with Gasteiger partial charge in [0.1, 0.15) is 5.82 Å². The molecule has 1 aromatic heterocycles. The molecule has 0 fully saturated rings. The molecule has 0 unspecified atom stereocenters. The molecule has 0 radical (unpaired) electrons. The van der Waals surface area contributed by atoms with Gasteiger partial charge in [0.2, 0.25) is 0 Å². The van der Waals surface area contributed by atoms with Gasteiger partial charge in [-0.2, -0.15) is 12.1 Å². The van der Waals surface area contributed by atoms with E-state index in [0.29, 0.717) is 11.5 Å². The zero-order chi connectivity index (χ0) is 59.3. The summed E-state index contributed by atoms with van der Waals surface area (Å²) in [6.45, 7) is 44.1. The zero-order valence-electron chi connectivity index (χ0n) is 52.8. The number of hydrogen-bond donors (Lipinski definition) is 0. The first-order valence-electron chi connectivity index (χ1n) is 29.7. The standard InChI is InChI=1S/C78H83N4O.Pt/c1-73(2,3)50-34-37-59(65(44-50)77(13,14)15)63-42-53(76(10,11)12)43-64(60-38-35-51(74(4,5)6)45-66(60)78(16,17)18)72(63)81-49-80(68-32-23-24-33-69(68)81)54-26-25-27-55(47-54)83-56-36-39-62-58-29-20-19-28-57(58)61-30-21-22-31-67(61)82(70(62)48-56)71-46-52(40-41-79-71)75(7,8)9;/h19-46,49H,1-18H3;/q-3;. The molecule has 0 saturated heterocycles. The Balaban J connectivity index is 0.00000786. The topological polar surface area (TPSA) is 31.8 Å². The van der Waals surface area contributed by atoms with Gasteiger partial charge in [0.05, 0.1) is 5.69 Å². The Morgan fingerprint density at radius 1 is 0.369 bits per heavy atom. The van der Waals surface area contributed by atoms with E-state index in [-0.39, 0.29) is 53.6 Å². The number of anilines is 7. The predicted octanol–water partition coefficient (Wildman–Crippen LogP) is 22.1. The molecule has 11 rings (SSSR count). The van der Waals surface area contributed by atoms with Crippen molar-refractivity contribution >= 4 is 39.9 Å². The van der Waals surface area contributed by atoms with Crippen molar-refractivity contribution in [3.8, 4) is 56.0 Å². The van der Waals surface area contributed by atoms with Gasteiger partial charge < -0.3 is 19.4 Å². The molecule has 0 aliphatic carbocycles. The number of pyridine rings is 1. The van der Waals surface area contributed by atoms with Gasteiger partial charge in [-0.05, 0) is 125 Å². The van der Waals surface area contributed by atoms with Gasteiger partial charge in [-0.1, -0.05) is 227 Å². The normalized spacial score (nSPS) is 13.6. The van der Waals surface area contributed by atoms with Crippen molar-refractivity contribution in [2.24, 2.45) is 0 Å². The Morgan fingerprint density at radius 3 is 1.37 bits per heavy atom. The van der Waals surface area contributed by atoms with Crippen LogP contribution >= 0.6 is 0 Å². The third-order valence-electron chi connectivity index (χ3n) is 16.7. The number of nitrogens with zero attached hydrogens (tertiary/aromatic N) is 4. The van der Waals surface area contributed by atoms with Crippen molar-refractivity contribution in [3.05, 3.63) is 222 Å². The van der Waals surface area contributed by atoms with Gasteiger partial charge in [0.25, 0.3) is 0 Å². The minimum atomic E-state index is -0.166. The molecule has 6 heteroatoms. The van der Waals surface area contributed by atoms with E-state index in [1.54, 1.807) is 0 Å². The van der Waals surface area contributed by atoms with Gasteiger partial charge in [-0.15, -0.1) is 48.3 Å². The maximum atomic E-state index is 6.97. The molecule has 2 aliphatic heterocycles. The number of para-hydroxylation sites is 3. The van der Waals surface area contributed by atoms with E-state index in [4.69, 9.17) is 9.72 Å². The molecular formula is C78H83N4OPt-3.